The van der Waals surface area contributed by atoms with Crippen LogP contribution in [0.5, 0.6) is 0 Å². The summed E-state index contributed by atoms with van der Waals surface area (Å²) in [5, 5.41) is 4.36. The molecule has 1 aliphatic heterocycles. The zero-order valence-electron chi connectivity index (χ0n) is 27.7. The molecule has 2 heterocycles. The van der Waals surface area contributed by atoms with Crippen LogP contribution in [0, 0.1) is 24.1 Å². The van der Waals surface area contributed by atoms with Crippen molar-refractivity contribution in [2.24, 2.45) is 11.3 Å². The molecule has 1 aromatic heterocycles. The molecule has 8 heteroatoms. The number of anilines is 2. The molecule has 47 heavy (non-hydrogen) atoms. The SMILES string of the molecule is Cc1[nH]c2ccccc2c1[C@H]1[C@H](CC(=O)N(Cc2ccccc2F)C2(C(=O)Nc3ccc(N4CCOCC4)cc3)CCCC2)C1(C)C. The van der Waals surface area contributed by atoms with Gasteiger partial charge in [0.25, 0.3) is 0 Å². The van der Waals surface area contributed by atoms with Crippen molar-refractivity contribution in [2.75, 3.05) is 36.5 Å². The maximum atomic E-state index is 15.1. The largest absolute Gasteiger partial charge is 0.378 e. The molecule has 2 aliphatic carbocycles. The van der Waals surface area contributed by atoms with E-state index in [2.05, 4.69) is 54.2 Å². The van der Waals surface area contributed by atoms with E-state index in [0.29, 0.717) is 43.7 Å². The lowest BCUT2D eigenvalue weighted by molar-refractivity contribution is -0.146. The molecule has 2 N–H and O–H groups in total. The van der Waals surface area contributed by atoms with Gasteiger partial charge in [-0.25, -0.2) is 4.39 Å². The Labute approximate surface area is 276 Å². The highest BCUT2D eigenvalue weighted by Gasteiger charge is 2.61. The van der Waals surface area contributed by atoms with Crippen molar-refractivity contribution in [3.8, 4) is 0 Å². The van der Waals surface area contributed by atoms with Gasteiger partial charge in [-0.1, -0.05) is 63.1 Å². The minimum absolute atomic E-state index is 0.0544. The van der Waals surface area contributed by atoms with Gasteiger partial charge < -0.3 is 24.8 Å². The number of benzene rings is 3. The maximum absolute atomic E-state index is 15.1. The number of halogens is 1. The molecule has 7 nitrogen and oxygen atoms in total. The summed E-state index contributed by atoms with van der Waals surface area (Å²) in [6.45, 7) is 9.70. The van der Waals surface area contributed by atoms with E-state index < -0.39 is 5.54 Å². The standard InChI is InChI=1S/C39H45FN4O3/c1-26-35(30-11-5-7-13-33(30)41-26)36-31(38(36,2)3)24-34(45)44(25-27-10-4-6-12-32(27)40)39(18-8-9-19-39)37(46)42-28-14-16-29(17-15-28)43-20-22-47-23-21-43/h4-7,10-17,31,36,41H,8-9,18-25H2,1-3H3,(H,42,46)/t31-,36+/m0/s1. The minimum atomic E-state index is -1.06. The number of aryl methyl sites for hydroxylation is 1. The first-order valence-corrected chi connectivity index (χ1v) is 17.0. The molecule has 0 unspecified atom stereocenters. The normalized spacial score (nSPS) is 21.5. The molecule has 3 aromatic carbocycles. The summed E-state index contributed by atoms with van der Waals surface area (Å²) in [5.74, 6) is -0.345. The van der Waals surface area contributed by atoms with Crippen LogP contribution in [0.3, 0.4) is 0 Å². The highest BCUT2D eigenvalue weighted by Crippen LogP contribution is 2.67. The van der Waals surface area contributed by atoms with Gasteiger partial charge in [0.05, 0.1) is 13.2 Å². The molecule has 3 aliphatic rings. The smallest absolute Gasteiger partial charge is 0.250 e. The van der Waals surface area contributed by atoms with Crippen molar-refractivity contribution in [3.63, 3.8) is 0 Å². The van der Waals surface area contributed by atoms with Crippen molar-refractivity contribution >= 4 is 34.1 Å². The lowest BCUT2D eigenvalue weighted by Gasteiger charge is -2.40. The van der Waals surface area contributed by atoms with Crippen molar-refractivity contribution in [1.29, 1.82) is 0 Å². The fraction of sp³-hybridized carbons (Fsp3) is 0.436. The number of hydrogen-bond donors (Lipinski definition) is 2. The lowest BCUT2D eigenvalue weighted by Crippen LogP contribution is -2.57. The number of ether oxygens (including phenoxy) is 1. The Hall–Kier alpha value is -4.17. The number of nitrogens with zero attached hydrogens (tertiary/aromatic N) is 2. The van der Waals surface area contributed by atoms with Crippen LogP contribution < -0.4 is 10.2 Å². The lowest BCUT2D eigenvalue weighted by atomic mass is 9.91. The highest BCUT2D eigenvalue weighted by atomic mass is 19.1. The molecular formula is C39H45FN4O3. The number of hydrogen-bond acceptors (Lipinski definition) is 4. The van der Waals surface area contributed by atoms with Crippen LogP contribution in [0.15, 0.2) is 72.8 Å². The van der Waals surface area contributed by atoms with E-state index in [1.54, 1.807) is 23.1 Å². The van der Waals surface area contributed by atoms with Crippen molar-refractivity contribution in [3.05, 3.63) is 95.4 Å². The number of carbonyl (C=O) groups is 2. The zero-order valence-corrected chi connectivity index (χ0v) is 27.7. The third-order valence-corrected chi connectivity index (χ3v) is 11.2. The average molecular weight is 637 g/mol. The van der Waals surface area contributed by atoms with E-state index in [1.165, 1.54) is 17.0 Å². The number of aromatic nitrogens is 1. The third-order valence-electron chi connectivity index (χ3n) is 11.2. The van der Waals surface area contributed by atoms with Gasteiger partial charge in [-0.3, -0.25) is 9.59 Å². The predicted octanol–water partition coefficient (Wildman–Crippen LogP) is 7.56. The van der Waals surface area contributed by atoms with Crippen LogP contribution in [0.2, 0.25) is 0 Å². The molecule has 2 amide bonds. The van der Waals surface area contributed by atoms with Crippen LogP contribution >= 0.6 is 0 Å². The van der Waals surface area contributed by atoms with E-state index >= 15 is 4.39 Å². The van der Waals surface area contributed by atoms with Crippen LogP contribution in [0.1, 0.15) is 68.7 Å². The Balaban J connectivity index is 1.17. The Morgan fingerprint density at radius 2 is 1.66 bits per heavy atom. The fourth-order valence-electron chi connectivity index (χ4n) is 8.37. The highest BCUT2D eigenvalue weighted by molar-refractivity contribution is 6.01. The van der Waals surface area contributed by atoms with Gasteiger partial charge >= 0.3 is 0 Å². The summed E-state index contributed by atoms with van der Waals surface area (Å²) in [6, 6.07) is 22.8. The summed E-state index contributed by atoms with van der Waals surface area (Å²) in [5.41, 5.74) is 4.56. The monoisotopic (exact) mass is 636 g/mol. The molecular weight excluding hydrogens is 591 g/mol. The number of aromatic amines is 1. The third kappa shape index (κ3) is 5.81. The van der Waals surface area contributed by atoms with Crippen molar-refractivity contribution in [2.45, 2.75) is 70.9 Å². The molecule has 1 saturated heterocycles. The van der Waals surface area contributed by atoms with Gasteiger partial charge in [-0.15, -0.1) is 0 Å². The number of para-hydroxylation sites is 1. The first-order valence-electron chi connectivity index (χ1n) is 17.0. The molecule has 2 saturated carbocycles. The number of nitrogens with one attached hydrogen (secondary N) is 2. The molecule has 0 radical (unpaired) electrons. The number of morpholine rings is 1. The van der Waals surface area contributed by atoms with Crippen molar-refractivity contribution < 1.29 is 18.7 Å². The van der Waals surface area contributed by atoms with Gasteiger partial charge in [0, 0.05) is 59.6 Å². The predicted molar refractivity (Wildman–Crippen MR) is 184 cm³/mol. The second-order valence-electron chi connectivity index (χ2n) is 14.2. The van der Waals surface area contributed by atoms with Gasteiger partial charge in [0.2, 0.25) is 11.8 Å². The molecule has 4 aromatic rings. The number of carbonyl (C=O) groups excluding carboxylic acids is 2. The van der Waals surface area contributed by atoms with E-state index in [4.69, 9.17) is 4.74 Å². The van der Waals surface area contributed by atoms with E-state index in [-0.39, 0.29) is 41.4 Å². The van der Waals surface area contributed by atoms with Crippen LogP contribution in [0.25, 0.3) is 10.9 Å². The molecule has 2 atom stereocenters. The van der Waals surface area contributed by atoms with Crippen LogP contribution in [0.4, 0.5) is 15.8 Å². The minimum Gasteiger partial charge on any atom is -0.378 e. The average Bonchev–Trinajstić information content (AvgIpc) is 3.42. The Kier molecular flexibility index (Phi) is 8.33. The van der Waals surface area contributed by atoms with E-state index in [9.17, 15) is 9.59 Å². The number of rotatable bonds is 9. The Morgan fingerprint density at radius 1 is 0.979 bits per heavy atom. The summed E-state index contributed by atoms with van der Waals surface area (Å²) < 4.78 is 20.6. The van der Waals surface area contributed by atoms with Gasteiger partial charge in [0.15, 0.2) is 0 Å². The topological polar surface area (TPSA) is 77.7 Å². The van der Waals surface area contributed by atoms with Gasteiger partial charge in [0.1, 0.15) is 11.4 Å². The van der Waals surface area contributed by atoms with Crippen molar-refractivity contribution in [1.82, 2.24) is 9.88 Å². The summed E-state index contributed by atoms with van der Waals surface area (Å²) in [4.78, 5) is 36.5. The molecule has 3 fully saturated rings. The number of amides is 2. The quantitative estimate of drug-likeness (QED) is 0.199. The Bertz CT molecular complexity index is 1770. The van der Waals surface area contributed by atoms with Gasteiger partial charge in [-0.05, 0) is 79.0 Å². The summed E-state index contributed by atoms with van der Waals surface area (Å²) in [7, 11) is 0. The number of fused-ring (bicyclic) bond motifs is 1. The molecule has 0 spiro atoms. The number of H-pyrrole nitrogens is 1. The molecule has 0 bridgehead atoms. The Morgan fingerprint density at radius 3 is 2.38 bits per heavy atom. The molecule has 246 valence electrons. The fourth-order valence-corrected chi connectivity index (χ4v) is 8.37. The second-order valence-corrected chi connectivity index (χ2v) is 14.2. The van der Waals surface area contributed by atoms with E-state index in [1.807, 2.05) is 30.3 Å². The molecule has 7 rings (SSSR count). The summed E-state index contributed by atoms with van der Waals surface area (Å²) in [6.07, 6.45) is 3.05. The first-order chi connectivity index (χ1) is 22.7. The second kappa shape index (κ2) is 12.5. The first kappa shape index (κ1) is 31.4. The van der Waals surface area contributed by atoms with Crippen LogP contribution in [-0.2, 0) is 20.9 Å². The zero-order chi connectivity index (χ0) is 32.8. The van der Waals surface area contributed by atoms with Gasteiger partial charge in [-0.2, -0.15) is 0 Å². The van der Waals surface area contributed by atoms with E-state index in [0.717, 1.165) is 42.8 Å². The van der Waals surface area contributed by atoms with Crippen LogP contribution in [-0.4, -0.2) is 53.5 Å². The maximum Gasteiger partial charge on any atom is 0.250 e. The summed E-state index contributed by atoms with van der Waals surface area (Å²) >= 11 is 0.